The summed E-state index contributed by atoms with van der Waals surface area (Å²) in [5, 5.41) is 2.42. The molecule has 1 N–H and O–H groups in total. The molecular weight excluding hydrogens is 304 g/mol. The molecular formula is C13H15F2NO4S. The van der Waals surface area contributed by atoms with E-state index in [9.17, 15) is 22.0 Å². The molecule has 0 saturated carbocycles. The third kappa shape index (κ3) is 8.03. The first-order chi connectivity index (χ1) is 9.76. The number of carbonyl (C=O) groups is 1. The molecule has 0 aromatic heterocycles. The van der Waals surface area contributed by atoms with Crippen LogP contribution in [-0.4, -0.2) is 39.5 Å². The predicted octanol–water partition coefficient (Wildman–Crippen LogP) is 1.46. The molecule has 1 amide bonds. The summed E-state index contributed by atoms with van der Waals surface area (Å²) in [5.74, 6) is -0.544. The van der Waals surface area contributed by atoms with E-state index in [0.717, 1.165) is 6.26 Å². The van der Waals surface area contributed by atoms with Gasteiger partial charge in [-0.15, -0.1) is 0 Å². The molecule has 1 rings (SSSR count). The van der Waals surface area contributed by atoms with Crippen LogP contribution in [0, 0.1) is 0 Å². The fourth-order valence-corrected chi connectivity index (χ4v) is 1.82. The number of alkyl halides is 2. The van der Waals surface area contributed by atoms with Crippen molar-refractivity contribution in [2.24, 2.45) is 0 Å². The standard InChI is InChI=1S/C13H15F2NO4S/c1-21(18,19)9-8-16-12(17)7-4-10-2-5-11(6-3-10)20-13(14)15/h2-7,13H,8-9H2,1H3,(H,16,17)/b7-4+. The van der Waals surface area contributed by atoms with Crippen molar-refractivity contribution in [3.8, 4) is 5.75 Å². The lowest BCUT2D eigenvalue weighted by Crippen LogP contribution is -2.27. The summed E-state index contributed by atoms with van der Waals surface area (Å²) < 4.78 is 49.8. The number of hydrogen-bond acceptors (Lipinski definition) is 4. The Hall–Kier alpha value is -1.96. The van der Waals surface area contributed by atoms with Crippen LogP contribution in [0.15, 0.2) is 30.3 Å². The van der Waals surface area contributed by atoms with E-state index in [1.807, 2.05) is 0 Å². The van der Waals surface area contributed by atoms with Crippen LogP contribution in [0.1, 0.15) is 5.56 Å². The Labute approximate surface area is 121 Å². The highest BCUT2D eigenvalue weighted by molar-refractivity contribution is 7.90. The van der Waals surface area contributed by atoms with Gasteiger partial charge in [-0.2, -0.15) is 8.78 Å². The minimum Gasteiger partial charge on any atom is -0.435 e. The van der Waals surface area contributed by atoms with E-state index in [2.05, 4.69) is 10.1 Å². The molecule has 0 atom stereocenters. The third-order valence-electron chi connectivity index (χ3n) is 2.30. The molecule has 116 valence electrons. The Morgan fingerprint density at radius 2 is 1.95 bits per heavy atom. The van der Waals surface area contributed by atoms with E-state index in [4.69, 9.17) is 0 Å². The number of halogens is 2. The second kappa shape index (κ2) is 7.72. The van der Waals surface area contributed by atoms with Gasteiger partial charge in [0, 0.05) is 18.9 Å². The van der Waals surface area contributed by atoms with Crippen LogP contribution in [0.2, 0.25) is 0 Å². The maximum Gasteiger partial charge on any atom is 0.387 e. The second-order valence-electron chi connectivity index (χ2n) is 4.20. The molecule has 5 nitrogen and oxygen atoms in total. The van der Waals surface area contributed by atoms with Gasteiger partial charge < -0.3 is 10.1 Å². The summed E-state index contributed by atoms with van der Waals surface area (Å²) >= 11 is 0. The van der Waals surface area contributed by atoms with Gasteiger partial charge >= 0.3 is 6.61 Å². The summed E-state index contributed by atoms with van der Waals surface area (Å²) in [4.78, 5) is 11.4. The lowest BCUT2D eigenvalue weighted by Gasteiger charge is -2.04. The number of hydrogen-bond donors (Lipinski definition) is 1. The van der Waals surface area contributed by atoms with Crippen LogP contribution in [0.4, 0.5) is 8.78 Å². The first-order valence-electron chi connectivity index (χ1n) is 5.95. The van der Waals surface area contributed by atoms with E-state index in [1.54, 1.807) is 0 Å². The molecule has 0 aliphatic heterocycles. The fraction of sp³-hybridized carbons (Fsp3) is 0.308. The molecule has 8 heteroatoms. The normalized spacial score (nSPS) is 11.8. The van der Waals surface area contributed by atoms with E-state index >= 15 is 0 Å². The van der Waals surface area contributed by atoms with Crippen molar-refractivity contribution in [3.63, 3.8) is 0 Å². The van der Waals surface area contributed by atoms with Crippen LogP contribution < -0.4 is 10.1 Å². The van der Waals surface area contributed by atoms with Crippen molar-refractivity contribution >= 4 is 21.8 Å². The molecule has 0 aliphatic rings. The Bertz CT molecular complexity index is 597. The van der Waals surface area contributed by atoms with Gasteiger partial charge in [0.1, 0.15) is 15.6 Å². The van der Waals surface area contributed by atoms with Gasteiger partial charge in [0.15, 0.2) is 0 Å². The molecule has 0 saturated heterocycles. The fourth-order valence-electron chi connectivity index (χ4n) is 1.35. The summed E-state index contributed by atoms with van der Waals surface area (Å²) in [6.45, 7) is -2.85. The Morgan fingerprint density at radius 1 is 1.33 bits per heavy atom. The number of nitrogens with one attached hydrogen (secondary N) is 1. The van der Waals surface area contributed by atoms with Gasteiger partial charge in [-0.05, 0) is 23.8 Å². The van der Waals surface area contributed by atoms with Crippen molar-refractivity contribution in [2.45, 2.75) is 6.61 Å². The highest BCUT2D eigenvalue weighted by atomic mass is 32.2. The second-order valence-corrected chi connectivity index (χ2v) is 6.46. The molecule has 0 unspecified atom stereocenters. The molecule has 0 fully saturated rings. The van der Waals surface area contributed by atoms with Gasteiger partial charge in [-0.1, -0.05) is 12.1 Å². The van der Waals surface area contributed by atoms with Gasteiger partial charge in [0.25, 0.3) is 0 Å². The molecule has 21 heavy (non-hydrogen) atoms. The monoisotopic (exact) mass is 319 g/mol. The maximum absolute atomic E-state index is 11.9. The number of sulfone groups is 1. The van der Waals surface area contributed by atoms with E-state index in [0.29, 0.717) is 5.56 Å². The minimum absolute atomic E-state index is 0.0275. The number of amides is 1. The number of ether oxygens (including phenoxy) is 1. The van der Waals surface area contributed by atoms with Crippen molar-refractivity contribution in [2.75, 3.05) is 18.6 Å². The van der Waals surface area contributed by atoms with Crippen LogP contribution in [0.5, 0.6) is 5.75 Å². The van der Waals surface area contributed by atoms with E-state index in [1.165, 1.54) is 36.4 Å². The average molecular weight is 319 g/mol. The predicted molar refractivity (Wildman–Crippen MR) is 74.8 cm³/mol. The first kappa shape index (κ1) is 17.1. The largest absolute Gasteiger partial charge is 0.435 e. The lowest BCUT2D eigenvalue weighted by molar-refractivity contribution is -0.116. The number of carbonyl (C=O) groups excluding carboxylic acids is 1. The minimum atomic E-state index is -3.12. The SMILES string of the molecule is CS(=O)(=O)CCNC(=O)/C=C/c1ccc(OC(F)F)cc1. The number of rotatable bonds is 7. The highest BCUT2D eigenvalue weighted by Gasteiger charge is 2.04. The topological polar surface area (TPSA) is 72.5 Å². The smallest absolute Gasteiger partial charge is 0.387 e. The van der Waals surface area contributed by atoms with Crippen LogP contribution in [0.25, 0.3) is 6.08 Å². The highest BCUT2D eigenvalue weighted by Crippen LogP contribution is 2.15. The van der Waals surface area contributed by atoms with E-state index in [-0.39, 0.29) is 18.0 Å². The molecule has 0 aliphatic carbocycles. The van der Waals surface area contributed by atoms with Gasteiger partial charge in [0.05, 0.1) is 5.75 Å². The van der Waals surface area contributed by atoms with Crippen molar-refractivity contribution in [1.29, 1.82) is 0 Å². The maximum atomic E-state index is 11.9. The lowest BCUT2D eigenvalue weighted by atomic mass is 10.2. The zero-order valence-corrected chi connectivity index (χ0v) is 12.1. The van der Waals surface area contributed by atoms with E-state index < -0.39 is 22.4 Å². The summed E-state index contributed by atoms with van der Waals surface area (Å²) in [6.07, 6.45) is 3.78. The van der Waals surface area contributed by atoms with Gasteiger partial charge in [0.2, 0.25) is 5.91 Å². The summed E-state index contributed by atoms with van der Waals surface area (Å²) in [5.41, 5.74) is 0.620. The van der Waals surface area contributed by atoms with Gasteiger partial charge in [-0.3, -0.25) is 4.79 Å². The number of benzene rings is 1. The molecule has 1 aromatic rings. The molecule has 0 radical (unpaired) electrons. The average Bonchev–Trinajstić information content (AvgIpc) is 2.36. The quantitative estimate of drug-likeness (QED) is 0.772. The Balaban J connectivity index is 2.46. The van der Waals surface area contributed by atoms with Gasteiger partial charge in [-0.25, -0.2) is 8.42 Å². The van der Waals surface area contributed by atoms with Crippen LogP contribution in [-0.2, 0) is 14.6 Å². The summed E-state index contributed by atoms with van der Waals surface area (Å²) in [6, 6.07) is 5.73. The van der Waals surface area contributed by atoms with Crippen LogP contribution >= 0.6 is 0 Å². The molecule has 1 aromatic carbocycles. The molecule has 0 heterocycles. The zero-order valence-electron chi connectivity index (χ0n) is 11.3. The summed E-state index contributed by atoms with van der Waals surface area (Å²) in [7, 11) is -3.12. The van der Waals surface area contributed by atoms with Crippen molar-refractivity contribution in [1.82, 2.24) is 5.32 Å². The molecule has 0 spiro atoms. The zero-order chi connectivity index (χ0) is 15.9. The van der Waals surface area contributed by atoms with Crippen LogP contribution in [0.3, 0.4) is 0 Å². The third-order valence-corrected chi connectivity index (χ3v) is 3.25. The first-order valence-corrected chi connectivity index (χ1v) is 8.01. The molecule has 0 bridgehead atoms. The Kier molecular flexibility index (Phi) is 6.29. The van der Waals surface area contributed by atoms with Crippen molar-refractivity contribution < 1.29 is 26.7 Å². The Morgan fingerprint density at radius 3 is 2.48 bits per heavy atom. The van der Waals surface area contributed by atoms with Crippen molar-refractivity contribution in [3.05, 3.63) is 35.9 Å².